The molecule has 0 unspecified atom stereocenters. The average Bonchev–Trinajstić information content (AvgIpc) is 2.82. The van der Waals surface area contributed by atoms with Crippen molar-refractivity contribution in [3.8, 4) is 0 Å². The highest BCUT2D eigenvalue weighted by Gasteiger charge is 2.18. The van der Waals surface area contributed by atoms with Crippen LogP contribution in [0.3, 0.4) is 0 Å². The zero-order valence-corrected chi connectivity index (χ0v) is 13.0. The predicted octanol–water partition coefficient (Wildman–Crippen LogP) is 1.08. The van der Waals surface area contributed by atoms with Crippen molar-refractivity contribution in [2.45, 2.75) is 24.9 Å². The number of aryl methyl sites for hydroxylation is 1. The van der Waals surface area contributed by atoms with Gasteiger partial charge in [0.25, 0.3) is 0 Å². The summed E-state index contributed by atoms with van der Waals surface area (Å²) >= 11 is 3.23. The van der Waals surface area contributed by atoms with Gasteiger partial charge in [0.05, 0.1) is 11.4 Å². The molecule has 108 valence electrons. The molecule has 9 heteroatoms. The largest absolute Gasteiger partial charge is 0.340 e. The van der Waals surface area contributed by atoms with Gasteiger partial charge in [-0.05, 0) is 33.6 Å². The summed E-state index contributed by atoms with van der Waals surface area (Å²) in [6.45, 7) is 1.94. The van der Waals surface area contributed by atoms with Crippen LogP contribution in [0.15, 0.2) is 32.1 Å². The zero-order valence-electron chi connectivity index (χ0n) is 10.6. The molecule has 20 heavy (non-hydrogen) atoms. The Labute approximate surface area is 124 Å². The number of hydrogen-bond acceptors (Lipinski definition) is 6. The molecule has 0 aliphatic carbocycles. The van der Waals surface area contributed by atoms with E-state index in [4.69, 9.17) is 10.3 Å². The summed E-state index contributed by atoms with van der Waals surface area (Å²) in [4.78, 5) is 4.06. The summed E-state index contributed by atoms with van der Waals surface area (Å²) < 4.78 is 32.0. The number of nitrogens with two attached hydrogens (primary N) is 1. The number of rotatable bonds is 5. The van der Waals surface area contributed by atoms with Gasteiger partial charge in [-0.3, -0.25) is 0 Å². The van der Waals surface area contributed by atoms with E-state index in [1.807, 2.05) is 0 Å². The van der Waals surface area contributed by atoms with Crippen molar-refractivity contribution in [1.82, 2.24) is 14.9 Å². The lowest BCUT2D eigenvalue weighted by molar-refractivity contribution is 0.387. The first-order valence-electron chi connectivity index (χ1n) is 5.70. The molecule has 2 rings (SSSR count). The molecule has 1 aromatic heterocycles. The van der Waals surface area contributed by atoms with E-state index in [1.54, 1.807) is 19.1 Å². The van der Waals surface area contributed by atoms with E-state index in [0.717, 1.165) is 5.56 Å². The maximum atomic E-state index is 12.2. The van der Waals surface area contributed by atoms with Crippen molar-refractivity contribution >= 4 is 26.0 Å². The summed E-state index contributed by atoms with van der Waals surface area (Å²) in [7, 11) is -3.66. The Bertz CT molecular complexity index is 714. The minimum Gasteiger partial charge on any atom is -0.340 e. The van der Waals surface area contributed by atoms with Gasteiger partial charge in [-0.1, -0.05) is 11.2 Å². The molecule has 3 N–H and O–H groups in total. The van der Waals surface area contributed by atoms with E-state index < -0.39 is 10.0 Å². The van der Waals surface area contributed by atoms with Crippen molar-refractivity contribution < 1.29 is 12.9 Å². The van der Waals surface area contributed by atoms with Crippen LogP contribution in [0.4, 0.5) is 0 Å². The van der Waals surface area contributed by atoms with Gasteiger partial charge in [0.2, 0.25) is 15.9 Å². The first-order chi connectivity index (χ1) is 9.42. The van der Waals surface area contributed by atoms with Crippen LogP contribution in [0.5, 0.6) is 0 Å². The van der Waals surface area contributed by atoms with Crippen LogP contribution in [0.2, 0.25) is 0 Å². The summed E-state index contributed by atoms with van der Waals surface area (Å²) in [5.41, 5.74) is 6.34. The normalized spacial score (nSPS) is 11.8. The van der Waals surface area contributed by atoms with Gasteiger partial charge >= 0.3 is 0 Å². The van der Waals surface area contributed by atoms with Gasteiger partial charge in [-0.15, -0.1) is 0 Å². The standard InChI is InChI=1S/C11H13BrN4O3S/c1-7-15-11(16-19-7)6-14-20(17,18)10-3-2-8(5-13)4-9(10)12/h2-4,14H,5-6,13H2,1H3. The fourth-order valence-electron chi connectivity index (χ4n) is 1.54. The van der Waals surface area contributed by atoms with Crippen LogP contribution in [0, 0.1) is 6.92 Å². The van der Waals surface area contributed by atoms with Crippen LogP contribution in [-0.4, -0.2) is 18.6 Å². The minimum absolute atomic E-state index is 0.0370. The maximum absolute atomic E-state index is 12.2. The molecule has 0 amide bonds. The van der Waals surface area contributed by atoms with Crippen LogP contribution in [0.25, 0.3) is 0 Å². The van der Waals surface area contributed by atoms with Gasteiger partial charge < -0.3 is 10.3 Å². The molecular formula is C11H13BrN4O3S. The van der Waals surface area contributed by atoms with Crippen LogP contribution < -0.4 is 10.5 Å². The molecule has 1 aromatic carbocycles. The topological polar surface area (TPSA) is 111 Å². The molecule has 0 aliphatic heterocycles. The van der Waals surface area contributed by atoms with E-state index in [9.17, 15) is 8.42 Å². The Balaban J connectivity index is 2.18. The lowest BCUT2D eigenvalue weighted by atomic mass is 10.2. The molecule has 0 aliphatic rings. The van der Waals surface area contributed by atoms with E-state index in [0.29, 0.717) is 16.9 Å². The van der Waals surface area contributed by atoms with E-state index in [2.05, 4.69) is 30.8 Å². The predicted molar refractivity (Wildman–Crippen MR) is 75.1 cm³/mol. The Morgan fingerprint density at radius 3 is 2.75 bits per heavy atom. The number of aromatic nitrogens is 2. The molecule has 0 saturated carbocycles. The lowest BCUT2D eigenvalue weighted by Gasteiger charge is -2.08. The van der Waals surface area contributed by atoms with E-state index in [-0.39, 0.29) is 17.3 Å². The Morgan fingerprint density at radius 1 is 1.45 bits per heavy atom. The monoisotopic (exact) mass is 360 g/mol. The molecule has 0 fully saturated rings. The Hall–Kier alpha value is -1.29. The van der Waals surface area contributed by atoms with Crippen molar-refractivity contribution in [1.29, 1.82) is 0 Å². The Morgan fingerprint density at radius 2 is 2.20 bits per heavy atom. The lowest BCUT2D eigenvalue weighted by Crippen LogP contribution is -2.24. The molecule has 0 atom stereocenters. The van der Waals surface area contributed by atoms with Gasteiger partial charge in [0, 0.05) is 17.9 Å². The van der Waals surface area contributed by atoms with Crippen LogP contribution in [-0.2, 0) is 23.1 Å². The first-order valence-corrected chi connectivity index (χ1v) is 7.97. The van der Waals surface area contributed by atoms with Gasteiger partial charge in [-0.2, -0.15) is 4.98 Å². The molecular weight excluding hydrogens is 348 g/mol. The fraction of sp³-hybridized carbons (Fsp3) is 0.273. The van der Waals surface area contributed by atoms with Gasteiger partial charge in [0.1, 0.15) is 0 Å². The molecule has 1 heterocycles. The quantitative estimate of drug-likeness (QED) is 0.824. The highest BCUT2D eigenvalue weighted by molar-refractivity contribution is 9.10. The number of nitrogens with zero attached hydrogens (tertiary/aromatic N) is 2. The number of nitrogens with one attached hydrogen (secondary N) is 1. The van der Waals surface area contributed by atoms with Crippen molar-refractivity contribution in [3.63, 3.8) is 0 Å². The third-order valence-corrected chi connectivity index (χ3v) is 4.89. The highest BCUT2D eigenvalue weighted by atomic mass is 79.9. The highest BCUT2D eigenvalue weighted by Crippen LogP contribution is 2.23. The average molecular weight is 361 g/mol. The Kier molecular flexibility index (Phi) is 4.53. The number of benzene rings is 1. The SMILES string of the molecule is Cc1nc(CNS(=O)(=O)c2ccc(CN)cc2Br)no1. The minimum atomic E-state index is -3.66. The summed E-state index contributed by atoms with van der Waals surface area (Å²) in [6, 6.07) is 4.83. The second kappa shape index (κ2) is 6.00. The maximum Gasteiger partial charge on any atom is 0.242 e. The molecule has 0 spiro atoms. The van der Waals surface area contributed by atoms with Crippen molar-refractivity contribution in [2.24, 2.45) is 5.73 Å². The molecule has 2 aromatic rings. The number of halogens is 1. The smallest absolute Gasteiger partial charge is 0.242 e. The second-order valence-electron chi connectivity index (χ2n) is 4.02. The van der Waals surface area contributed by atoms with Crippen LogP contribution in [0.1, 0.15) is 17.3 Å². The summed E-state index contributed by atoms with van der Waals surface area (Å²) in [5, 5.41) is 3.62. The fourth-order valence-corrected chi connectivity index (χ4v) is 3.64. The van der Waals surface area contributed by atoms with E-state index >= 15 is 0 Å². The summed E-state index contributed by atoms with van der Waals surface area (Å²) in [5.74, 6) is 0.661. The molecule has 0 radical (unpaired) electrons. The van der Waals surface area contributed by atoms with Gasteiger partial charge in [0.15, 0.2) is 5.82 Å². The zero-order chi connectivity index (χ0) is 14.8. The van der Waals surface area contributed by atoms with Gasteiger partial charge in [-0.25, -0.2) is 13.1 Å². The third kappa shape index (κ3) is 3.42. The number of hydrogen-bond donors (Lipinski definition) is 2. The van der Waals surface area contributed by atoms with Crippen molar-refractivity contribution in [2.75, 3.05) is 0 Å². The summed E-state index contributed by atoms with van der Waals surface area (Å²) in [6.07, 6.45) is 0. The molecule has 0 bridgehead atoms. The first kappa shape index (κ1) is 15.1. The third-order valence-electron chi connectivity index (χ3n) is 2.51. The van der Waals surface area contributed by atoms with Crippen LogP contribution >= 0.6 is 15.9 Å². The second-order valence-corrected chi connectivity index (χ2v) is 6.61. The van der Waals surface area contributed by atoms with E-state index in [1.165, 1.54) is 6.07 Å². The molecule has 0 saturated heterocycles. The molecule has 7 nitrogen and oxygen atoms in total. The number of sulfonamides is 1. The van der Waals surface area contributed by atoms with Crippen molar-refractivity contribution in [3.05, 3.63) is 40.0 Å².